The number of halogens is 3. The molecule has 0 spiro atoms. The van der Waals surface area contributed by atoms with E-state index in [0.29, 0.717) is 28.3 Å². The molecule has 0 bridgehead atoms. The van der Waals surface area contributed by atoms with Crippen LogP contribution in [0.5, 0.6) is 11.5 Å². The third-order valence-electron chi connectivity index (χ3n) is 5.45. The van der Waals surface area contributed by atoms with Gasteiger partial charge < -0.3 is 14.2 Å². The molecule has 0 radical (unpaired) electrons. The van der Waals surface area contributed by atoms with Gasteiger partial charge in [0.15, 0.2) is 5.75 Å². The van der Waals surface area contributed by atoms with Crippen molar-refractivity contribution in [1.82, 2.24) is 0 Å². The Labute approximate surface area is 206 Å². The van der Waals surface area contributed by atoms with Crippen molar-refractivity contribution in [3.63, 3.8) is 0 Å². The van der Waals surface area contributed by atoms with E-state index in [0.717, 1.165) is 23.3 Å². The number of carbonyl (C=O) groups is 1. The molecule has 0 unspecified atom stereocenters. The van der Waals surface area contributed by atoms with Gasteiger partial charge >= 0.3 is 5.97 Å². The molecule has 176 valence electrons. The fourth-order valence-electron chi connectivity index (χ4n) is 3.07. The van der Waals surface area contributed by atoms with Crippen molar-refractivity contribution in [2.24, 2.45) is 5.92 Å². The van der Waals surface area contributed by atoms with Crippen molar-refractivity contribution >= 4 is 40.8 Å². The highest BCUT2D eigenvalue weighted by atomic mass is 35.5. The van der Waals surface area contributed by atoms with Crippen LogP contribution in [0.1, 0.15) is 52.2 Å². The molecule has 2 aromatic carbocycles. The van der Waals surface area contributed by atoms with Crippen LogP contribution in [0.25, 0.3) is 0 Å². The number of alkyl halides is 1. The second kappa shape index (κ2) is 12.0. The minimum Gasteiger partial charge on any atom is -0.493 e. The predicted molar refractivity (Wildman–Crippen MR) is 132 cm³/mol. The Bertz CT molecular complexity index is 874. The third kappa shape index (κ3) is 7.19. The van der Waals surface area contributed by atoms with E-state index in [1.54, 1.807) is 0 Å². The first-order valence-corrected chi connectivity index (χ1v) is 12.0. The molecule has 32 heavy (non-hydrogen) atoms. The van der Waals surface area contributed by atoms with Crippen LogP contribution >= 0.6 is 34.8 Å². The summed E-state index contributed by atoms with van der Waals surface area (Å²) < 4.78 is 16.7. The number of hydrogen-bond donors (Lipinski definition) is 0. The number of carbonyl (C=O) groups excluding carboxylic acids is 1. The Morgan fingerprint density at radius 2 is 1.59 bits per heavy atom. The number of ether oxygens (including phenoxy) is 3. The highest BCUT2D eigenvalue weighted by Crippen LogP contribution is 2.40. The molecule has 0 aliphatic carbocycles. The Hall–Kier alpha value is -1.62. The lowest BCUT2D eigenvalue weighted by Crippen LogP contribution is -2.26. The molecule has 0 saturated carbocycles. The molecule has 0 aliphatic heterocycles. The molecule has 4 nitrogen and oxygen atoms in total. The lowest BCUT2D eigenvalue weighted by Gasteiger charge is -2.27. The first-order chi connectivity index (χ1) is 15.1. The molecule has 0 saturated heterocycles. The highest BCUT2D eigenvalue weighted by molar-refractivity contribution is 6.37. The van der Waals surface area contributed by atoms with Crippen LogP contribution in [0.15, 0.2) is 36.4 Å². The van der Waals surface area contributed by atoms with Crippen LogP contribution < -0.4 is 9.47 Å². The summed E-state index contributed by atoms with van der Waals surface area (Å²) in [6, 6.07) is 11.8. The molecule has 0 aromatic heterocycles. The van der Waals surface area contributed by atoms with Gasteiger partial charge in [-0.3, -0.25) is 4.79 Å². The fraction of sp³-hybridized carbons (Fsp3) is 0.480. The molecule has 7 heteroatoms. The Morgan fingerprint density at radius 1 is 1.00 bits per heavy atom. The van der Waals surface area contributed by atoms with E-state index in [4.69, 9.17) is 49.0 Å². The van der Waals surface area contributed by atoms with Gasteiger partial charge in [-0.25, -0.2) is 0 Å². The van der Waals surface area contributed by atoms with E-state index in [1.807, 2.05) is 24.3 Å². The van der Waals surface area contributed by atoms with Gasteiger partial charge in [0, 0.05) is 12.3 Å². The van der Waals surface area contributed by atoms with Gasteiger partial charge in [-0.15, -0.1) is 11.6 Å². The molecule has 0 N–H and O–H groups in total. The first-order valence-electron chi connectivity index (χ1n) is 10.7. The quantitative estimate of drug-likeness (QED) is 0.239. The normalized spacial score (nSPS) is 13.4. The van der Waals surface area contributed by atoms with E-state index in [-0.39, 0.29) is 17.9 Å². The van der Waals surface area contributed by atoms with Crippen molar-refractivity contribution in [3.8, 4) is 11.5 Å². The molecule has 2 aromatic rings. The summed E-state index contributed by atoms with van der Waals surface area (Å²) >= 11 is 18.8. The second-order valence-electron chi connectivity index (χ2n) is 8.44. The van der Waals surface area contributed by atoms with Gasteiger partial charge in [0.25, 0.3) is 0 Å². The average molecular weight is 502 g/mol. The third-order valence-corrected chi connectivity index (χ3v) is 6.35. The number of rotatable bonds is 11. The van der Waals surface area contributed by atoms with E-state index in [1.165, 1.54) is 6.92 Å². The van der Waals surface area contributed by atoms with Gasteiger partial charge in [0.2, 0.25) is 0 Å². The van der Waals surface area contributed by atoms with Gasteiger partial charge in [0.05, 0.1) is 22.5 Å². The molecule has 2 rings (SSSR count). The molecular formula is C25H31Cl3O4. The van der Waals surface area contributed by atoms with Gasteiger partial charge in [-0.05, 0) is 41.3 Å². The van der Waals surface area contributed by atoms with Crippen molar-refractivity contribution in [3.05, 3.63) is 57.6 Å². The molecule has 2 atom stereocenters. The minimum atomic E-state index is -0.585. The summed E-state index contributed by atoms with van der Waals surface area (Å²) in [7, 11) is 0. The molecule has 0 heterocycles. The van der Waals surface area contributed by atoms with E-state index < -0.39 is 12.1 Å². The van der Waals surface area contributed by atoms with Crippen molar-refractivity contribution in [1.29, 1.82) is 0 Å². The maximum atomic E-state index is 11.2. The fourth-order valence-corrected chi connectivity index (χ4v) is 3.82. The maximum Gasteiger partial charge on any atom is 0.303 e. The zero-order valence-corrected chi connectivity index (χ0v) is 21.5. The van der Waals surface area contributed by atoms with Crippen molar-refractivity contribution < 1.29 is 19.0 Å². The molecule has 0 aliphatic rings. The molecule has 0 fully saturated rings. The summed E-state index contributed by atoms with van der Waals surface area (Å²) in [4.78, 5) is 11.2. The topological polar surface area (TPSA) is 44.8 Å². The zero-order valence-electron chi connectivity index (χ0n) is 19.2. The largest absolute Gasteiger partial charge is 0.493 e. The predicted octanol–water partition coefficient (Wildman–Crippen LogP) is 7.29. The molecule has 0 amide bonds. The SMILES string of the molecule is CC[C@H](C)COc1ccc(C(C)(C)c2cc(Cl)c(OC[C@@H](CCl)OC(C)=O)c(Cl)c2)cc1. The number of hydrogen-bond acceptors (Lipinski definition) is 4. The first kappa shape index (κ1) is 26.6. The lowest BCUT2D eigenvalue weighted by molar-refractivity contribution is -0.146. The maximum absolute atomic E-state index is 11.2. The zero-order chi connectivity index (χ0) is 23.9. The van der Waals surface area contributed by atoms with Crippen LogP contribution in [-0.2, 0) is 14.9 Å². The highest BCUT2D eigenvalue weighted by Gasteiger charge is 2.26. The van der Waals surface area contributed by atoms with Crippen LogP contribution in [0, 0.1) is 5.92 Å². The second-order valence-corrected chi connectivity index (χ2v) is 9.56. The van der Waals surface area contributed by atoms with Crippen LogP contribution in [-0.4, -0.2) is 31.2 Å². The van der Waals surface area contributed by atoms with Gasteiger partial charge in [-0.2, -0.15) is 0 Å². The Balaban J connectivity index is 2.17. The van der Waals surface area contributed by atoms with Crippen LogP contribution in [0.4, 0.5) is 0 Å². The monoisotopic (exact) mass is 500 g/mol. The Kier molecular flexibility index (Phi) is 10.00. The number of esters is 1. The van der Waals surface area contributed by atoms with Crippen LogP contribution in [0.2, 0.25) is 10.0 Å². The summed E-state index contributed by atoms with van der Waals surface area (Å²) in [6.45, 7) is 10.6. The summed E-state index contributed by atoms with van der Waals surface area (Å²) in [5.74, 6) is 1.39. The van der Waals surface area contributed by atoms with E-state index in [9.17, 15) is 4.79 Å². The van der Waals surface area contributed by atoms with Gasteiger partial charge in [0.1, 0.15) is 18.5 Å². The molecular weight excluding hydrogens is 471 g/mol. The standard InChI is InChI=1S/C25H31Cl3O4/c1-6-16(2)14-30-20-9-7-18(8-10-20)25(4,5)19-11-22(27)24(23(28)12-19)31-15-21(13-26)32-17(3)29/h7-12,16,21H,6,13-15H2,1-5H3/t16-,21+/m0/s1. The van der Waals surface area contributed by atoms with Crippen molar-refractivity contribution in [2.75, 3.05) is 19.1 Å². The minimum absolute atomic E-state index is 0.0589. The van der Waals surface area contributed by atoms with E-state index in [2.05, 4.69) is 39.8 Å². The van der Waals surface area contributed by atoms with Gasteiger partial charge in [-0.1, -0.05) is 69.5 Å². The summed E-state index contributed by atoms with van der Waals surface area (Å²) in [5, 5.41) is 0.760. The summed E-state index contributed by atoms with van der Waals surface area (Å²) in [5.41, 5.74) is 1.70. The number of benzene rings is 2. The Morgan fingerprint density at radius 3 is 2.09 bits per heavy atom. The average Bonchev–Trinajstić information content (AvgIpc) is 2.75. The van der Waals surface area contributed by atoms with Crippen LogP contribution in [0.3, 0.4) is 0 Å². The summed E-state index contributed by atoms with van der Waals surface area (Å²) in [6.07, 6.45) is 0.501. The van der Waals surface area contributed by atoms with Crippen molar-refractivity contribution in [2.45, 2.75) is 52.6 Å². The van der Waals surface area contributed by atoms with E-state index >= 15 is 0 Å². The smallest absolute Gasteiger partial charge is 0.303 e. The lowest BCUT2D eigenvalue weighted by atomic mass is 9.78.